The van der Waals surface area contributed by atoms with Crippen LogP contribution in [0.15, 0.2) is 24.3 Å². The van der Waals surface area contributed by atoms with Crippen molar-refractivity contribution in [2.45, 2.75) is 33.1 Å². The zero-order valence-electron chi connectivity index (χ0n) is 9.49. The molecule has 1 aromatic carbocycles. The van der Waals surface area contributed by atoms with E-state index in [1.807, 2.05) is 24.3 Å². The highest BCUT2D eigenvalue weighted by Crippen LogP contribution is 2.12. The van der Waals surface area contributed by atoms with Gasteiger partial charge in [0.25, 0.3) is 0 Å². The molecule has 82 valence electrons. The van der Waals surface area contributed by atoms with Crippen LogP contribution in [0.25, 0.3) is 0 Å². The van der Waals surface area contributed by atoms with E-state index in [0.29, 0.717) is 24.5 Å². The first-order chi connectivity index (χ1) is 7.11. The highest BCUT2D eigenvalue weighted by molar-refractivity contribution is 5.81. The van der Waals surface area contributed by atoms with Crippen LogP contribution < -0.4 is 5.73 Å². The normalized spacial score (nSPS) is 12.4. The average molecular weight is 205 g/mol. The van der Waals surface area contributed by atoms with Crippen molar-refractivity contribution in [1.29, 1.82) is 0 Å². The molecule has 0 aliphatic heterocycles. The van der Waals surface area contributed by atoms with Crippen LogP contribution in [0.2, 0.25) is 0 Å². The lowest BCUT2D eigenvalue weighted by molar-refractivity contribution is -0.119. The number of rotatable bonds is 5. The Morgan fingerprint density at radius 2 is 2.20 bits per heavy atom. The van der Waals surface area contributed by atoms with Gasteiger partial charge in [-0.15, -0.1) is 0 Å². The fraction of sp³-hybridized carbons (Fsp3) is 0.462. The maximum Gasteiger partial charge on any atom is 0.137 e. The lowest BCUT2D eigenvalue weighted by atomic mass is 9.98. The number of hydrogen-bond acceptors (Lipinski definition) is 2. The van der Waals surface area contributed by atoms with E-state index in [0.717, 1.165) is 17.7 Å². The smallest absolute Gasteiger partial charge is 0.137 e. The minimum atomic E-state index is 0.301. The van der Waals surface area contributed by atoms with Crippen LogP contribution in [-0.4, -0.2) is 5.78 Å². The SMILES string of the molecule is CCC(C)CC(=O)Cc1cccc(N)c1. The van der Waals surface area contributed by atoms with Crippen molar-refractivity contribution in [2.75, 3.05) is 5.73 Å². The van der Waals surface area contributed by atoms with Crippen molar-refractivity contribution in [3.63, 3.8) is 0 Å². The molecule has 0 spiro atoms. The maximum atomic E-state index is 11.7. The molecule has 0 bridgehead atoms. The first kappa shape index (κ1) is 11.8. The fourth-order valence-electron chi connectivity index (χ4n) is 1.54. The number of ketones is 1. The molecule has 1 atom stereocenters. The van der Waals surface area contributed by atoms with E-state index in [4.69, 9.17) is 5.73 Å². The number of carbonyl (C=O) groups is 1. The number of nitrogen functional groups attached to an aromatic ring is 1. The Hall–Kier alpha value is -1.31. The molecule has 0 saturated heterocycles. The largest absolute Gasteiger partial charge is 0.399 e. The predicted octanol–water partition coefficient (Wildman–Crippen LogP) is 2.82. The van der Waals surface area contributed by atoms with Crippen LogP contribution in [0.4, 0.5) is 5.69 Å². The van der Waals surface area contributed by atoms with Gasteiger partial charge in [0.15, 0.2) is 0 Å². The number of nitrogens with two attached hydrogens (primary N) is 1. The summed E-state index contributed by atoms with van der Waals surface area (Å²) < 4.78 is 0. The summed E-state index contributed by atoms with van der Waals surface area (Å²) in [6, 6.07) is 7.54. The monoisotopic (exact) mass is 205 g/mol. The standard InChI is InChI=1S/C13H19NO/c1-3-10(2)7-13(15)9-11-5-4-6-12(14)8-11/h4-6,8,10H,3,7,9,14H2,1-2H3. The number of anilines is 1. The van der Waals surface area contributed by atoms with Crippen molar-refractivity contribution in [1.82, 2.24) is 0 Å². The Labute approximate surface area is 91.5 Å². The van der Waals surface area contributed by atoms with Crippen LogP contribution in [0.3, 0.4) is 0 Å². The van der Waals surface area contributed by atoms with E-state index in [-0.39, 0.29) is 0 Å². The summed E-state index contributed by atoms with van der Waals surface area (Å²) in [4.78, 5) is 11.7. The second kappa shape index (κ2) is 5.54. The first-order valence-corrected chi connectivity index (χ1v) is 5.48. The molecule has 0 amide bonds. The van der Waals surface area contributed by atoms with Gasteiger partial charge in [0.05, 0.1) is 0 Å². The third-order valence-corrected chi connectivity index (χ3v) is 2.63. The van der Waals surface area contributed by atoms with Crippen molar-refractivity contribution in [3.8, 4) is 0 Å². The van der Waals surface area contributed by atoms with Gasteiger partial charge in [-0.2, -0.15) is 0 Å². The Morgan fingerprint density at radius 3 is 2.80 bits per heavy atom. The minimum Gasteiger partial charge on any atom is -0.399 e. The minimum absolute atomic E-state index is 0.301. The lowest BCUT2D eigenvalue weighted by Crippen LogP contribution is -2.07. The number of carbonyl (C=O) groups excluding carboxylic acids is 1. The van der Waals surface area contributed by atoms with E-state index in [1.54, 1.807) is 0 Å². The zero-order valence-corrected chi connectivity index (χ0v) is 9.49. The van der Waals surface area contributed by atoms with Crippen molar-refractivity contribution in [3.05, 3.63) is 29.8 Å². The van der Waals surface area contributed by atoms with Crippen LogP contribution >= 0.6 is 0 Å². The third-order valence-electron chi connectivity index (χ3n) is 2.63. The van der Waals surface area contributed by atoms with Crippen LogP contribution in [-0.2, 0) is 11.2 Å². The Morgan fingerprint density at radius 1 is 1.47 bits per heavy atom. The van der Waals surface area contributed by atoms with Crippen LogP contribution in [0.5, 0.6) is 0 Å². The summed E-state index contributed by atoms with van der Waals surface area (Å²) in [5.74, 6) is 0.786. The van der Waals surface area contributed by atoms with Gasteiger partial charge >= 0.3 is 0 Å². The van der Waals surface area contributed by atoms with Crippen LogP contribution in [0, 0.1) is 5.92 Å². The molecule has 1 rings (SSSR count). The molecular weight excluding hydrogens is 186 g/mol. The number of Topliss-reactive ketones (excluding diaryl/α,β-unsaturated/α-hetero) is 1. The second-order valence-corrected chi connectivity index (χ2v) is 4.18. The summed E-state index contributed by atoms with van der Waals surface area (Å²) in [5, 5.41) is 0. The summed E-state index contributed by atoms with van der Waals surface area (Å²) in [6.45, 7) is 4.22. The van der Waals surface area contributed by atoms with Crippen molar-refractivity contribution < 1.29 is 4.79 Å². The predicted molar refractivity (Wildman–Crippen MR) is 63.6 cm³/mol. The molecular formula is C13H19NO. The topological polar surface area (TPSA) is 43.1 Å². The van der Waals surface area contributed by atoms with Gasteiger partial charge in [-0.25, -0.2) is 0 Å². The Kier molecular flexibility index (Phi) is 4.35. The molecule has 1 unspecified atom stereocenters. The highest BCUT2D eigenvalue weighted by atomic mass is 16.1. The highest BCUT2D eigenvalue weighted by Gasteiger charge is 2.08. The van der Waals surface area contributed by atoms with Gasteiger partial charge in [-0.3, -0.25) is 4.79 Å². The molecule has 15 heavy (non-hydrogen) atoms. The molecule has 0 aliphatic carbocycles. The molecule has 0 aromatic heterocycles. The van der Waals surface area contributed by atoms with Gasteiger partial charge in [0.2, 0.25) is 0 Å². The van der Waals surface area contributed by atoms with E-state index in [9.17, 15) is 4.79 Å². The van der Waals surface area contributed by atoms with Crippen molar-refractivity contribution in [2.24, 2.45) is 5.92 Å². The molecule has 0 fully saturated rings. The van der Waals surface area contributed by atoms with Gasteiger partial charge in [0.1, 0.15) is 5.78 Å². The molecule has 0 radical (unpaired) electrons. The van der Waals surface area contributed by atoms with Gasteiger partial charge < -0.3 is 5.73 Å². The lowest BCUT2D eigenvalue weighted by Gasteiger charge is -2.07. The molecule has 2 heteroatoms. The molecule has 2 N–H and O–H groups in total. The quantitative estimate of drug-likeness (QED) is 0.751. The molecule has 1 aromatic rings. The zero-order chi connectivity index (χ0) is 11.3. The summed E-state index contributed by atoms with van der Waals surface area (Å²) >= 11 is 0. The molecule has 0 aliphatic rings. The van der Waals surface area contributed by atoms with Gasteiger partial charge in [0, 0.05) is 18.5 Å². The second-order valence-electron chi connectivity index (χ2n) is 4.18. The van der Waals surface area contributed by atoms with Crippen LogP contribution in [0.1, 0.15) is 32.3 Å². The van der Waals surface area contributed by atoms with Gasteiger partial charge in [-0.05, 0) is 23.6 Å². The number of benzene rings is 1. The number of hydrogen-bond donors (Lipinski definition) is 1. The third kappa shape index (κ3) is 4.15. The van der Waals surface area contributed by atoms with Gasteiger partial charge in [-0.1, -0.05) is 32.4 Å². The average Bonchev–Trinajstić information content (AvgIpc) is 2.17. The summed E-state index contributed by atoms with van der Waals surface area (Å²) in [6.07, 6.45) is 2.24. The van der Waals surface area contributed by atoms with E-state index >= 15 is 0 Å². The van der Waals surface area contributed by atoms with E-state index in [1.165, 1.54) is 0 Å². The maximum absolute atomic E-state index is 11.7. The van der Waals surface area contributed by atoms with Crippen molar-refractivity contribution >= 4 is 11.5 Å². The molecule has 0 saturated carbocycles. The first-order valence-electron chi connectivity index (χ1n) is 5.48. The van der Waals surface area contributed by atoms with E-state index in [2.05, 4.69) is 13.8 Å². The molecule has 0 heterocycles. The van der Waals surface area contributed by atoms with E-state index < -0.39 is 0 Å². The summed E-state index contributed by atoms with van der Waals surface area (Å²) in [5.41, 5.74) is 7.39. The fourth-order valence-corrected chi connectivity index (χ4v) is 1.54. The molecule has 2 nitrogen and oxygen atoms in total. The Balaban J connectivity index is 2.51. The summed E-state index contributed by atoms with van der Waals surface area (Å²) in [7, 11) is 0. The Bertz CT molecular complexity index is 333.